The van der Waals surface area contributed by atoms with Gasteiger partial charge in [-0.15, -0.1) is 0 Å². The Morgan fingerprint density at radius 1 is 1.00 bits per heavy atom. The van der Waals surface area contributed by atoms with Gasteiger partial charge in [0.25, 0.3) is 0 Å². The maximum absolute atomic E-state index is 6.40. The van der Waals surface area contributed by atoms with Gasteiger partial charge in [-0.05, 0) is 25.6 Å². The summed E-state index contributed by atoms with van der Waals surface area (Å²) in [6.45, 7) is 11.4. The number of ether oxygens (including phenoxy) is 3. The van der Waals surface area contributed by atoms with E-state index in [1.807, 2.05) is 0 Å². The summed E-state index contributed by atoms with van der Waals surface area (Å²) < 4.78 is 23.5. The molecule has 1 atom stereocenters. The Bertz CT molecular complexity index is 266. The van der Waals surface area contributed by atoms with Crippen LogP contribution in [0.25, 0.3) is 0 Å². The van der Waals surface area contributed by atoms with E-state index in [0.29, 0.717) is 0 Å². The normalized spacial score (nSPS) is 33.3. The van der Waals surface area contributed by atoms with Gasteiger partial charge in [-0.3, -0.25) is 0 Å². The van der Waals surface area contributed by atoms with Gasteiger partial charge in [-0.25, -0.2) is 0 Å². The Kier molecular flexibility index (Phi) is 4.53. The highest BCUT2D eigenvalue weighted by Crippen LogP contribution is 2.49. The van der Waals surface area contributed by atoms with E-state index in [0.717, 1.165) is 12.5 Å². The van der Waals surface area contributed by atoms with E-state index in [1.165, 1.54) is 0 Å². The van der Waals surface area contributed by atoms with E-state index in [4.69, 9.17) is 18.6 Å². The van der Waals surface area contributed by atoms with Gasteiger partial charge < -0.3 is 18.6 Å². The molecule has 108 valence electrons. The number of hydrogen-bond donors (Lipinski definition) is 0. The molecule has 0 aromatic rings. The van der Waals surface area contributed by atoms with Crippen molar-refractivity contribution in [3.63, 3.8) is 0 Å². The van der Waals surface area contributed by atoms with Crippen molar-refractivity contribution in [2.45, 2.75) is 57.2 Å². The fraction of sp³-hybridized carbons (Fsp3) is 1.00. The first-order chi connectivity index (χ1) is 8.16. The maximum Gasteiger partial charge on any atom is 0.303 e. The molecule has 1 aliphatic rings. The van der Waals surface area contributed by atoms with E-state index in [2.05, 4.69) is 33.1 Å². The standard InChI is InChI=1S/C12H28O4Si2/c1-9-11(13-2)10-17(5,6)18(7,8)16-12(11,14-3)15-4/h9-10H2,1-8H3. The summed E-state index contributed by atoms with van der Waals surface area (Å²) in [5.74, 6) is -1.06. The number of rotatable bonds is 4. The zero-order valence-electron chi connectivity index (χ0n) is 13.0. The molecule has 6 heteroatoms. The molecule has 18 heavy (non-hydrogen) atoms. The molecule has 1 rings (SSSR count). The molecular weight excluding hydrogens is 264 g/mol. The smallest absolute Gasteiger partial charge is 0.303 e. The first-order valence-electron chi connectivity index (χ1n) is 6.51. The molecule has 0 aromatic carbocycles. The largest absolute Gasteiger partial charge is 0.370 e. The van der Waals surface area contributed by atoms with Crippen LogP contribution in [0.3, 0.4) is 0 Å². The second-order valence-corrected chi connectivity index (χ2v) is 21.2. The van der Waals surface area contributed by atoms with Crippen molar-refractivity contribution in [3.8, 4) is 0 Å². The molecule has 0 spiro atoms. The Morgan fingerprint density at radius 3 is 1.83 bits per heavy atom. The van der Waals surface area contributed by atoms with Gasteiger partial charge >= 0.3 is 5.97 Å². The molecule has 0 saturated carbocycles. The van der Waals surface area contributed by atoms with Gasteiger partial charge in [-0.2, -0.15) is 0 Å². The van der Waals surface area contributed by atoms with Crippen molar-refractivity contribution < 1.29 is 18.6 Å². The van der Waals surface area contributed by atoms with Crippen LogP contribution in [-0.2, 0) is 18.6 Å². The predicted molar refractivity (Wildman–Crippen MR) is 77.6 cm³/mol. The average molecular weight is 293 g/mol. The molecule has 1 heterocycles. The van der Waals surface area contributed by atoms with Crippen LogP contribution in [-0.4, -0.2) is 48.3 Å². The quantitative estimate of drug-likeness (QED) is 0.590. The lowest BCUT2D eigenvalue weighted by Crippen LogP contribution is -2.76. The van der Waals surface area contributed by atoms with Crippen molar-refractivity contribution in [3.05, 3.63) is 0 Å². The van der Waals surface area contributed by atoms with E-state index in [1.54, 1.807) is 21.3 Å². The minimum absolute atomic E-state index is 0.505. The second kappa shape index (κ2) is 4.99. The summed E-state index contributed by atoms with van der Waals surface area (Å²) in [6, 6.07) is 1.01. The van der Waals surface area contributed by atoms with Crippen LogP contribution in [0.4, 0.5) is 0 Å². The van der Waals surface area contributed by atoms with Gasteiger partial charge in [0.2, 0.25) is 0 Å². The van der Waals surface area contributed by atoms with Crippen LogP contribution in [0.1, 0.15) is 13.3 Å². The molecule has 1 unspecified atom stereocenters. The number of hydrogen-bond acceptors (Lipinski definition) is 4. The Hall–Kier alpha value is 0.274. The first kappa shape index (κ1) is 16.3. The zero-order chi connectivity index (χ0) is 14.2. The van der Waals surface area contributed by atoms with Crippen molar-refractivity contribution in [2.75, 3.05) is 21.3 Å². The predicted octanol–water partition coefficient (Wildman–Crippen LogP) is 2.75. The summed E-state index contributed by atoms with van der Waals surface area (Å²) in [7, 11) is 1.71. The van der Waals surface area contributed by atoms with E-state index < -0.39 is 27.0 Å². The van der Waals surface area contributed by atoms with Crippen molar-refractivity contribution in [2.24, 2.45) is 0 Å². The lowest BCUT2D eigenvalue weighted by molar-refractivity contribution is -0.402. The molecule has 1 saturated heterocycles. The van der Waals surface area contributed by atoms with Gasteiger partial charge in [0.15, 0.2) is 7.83 Å². The lowest BCUT2D eigenvalue weighted by atomic mass is 9.99. The molecule has 4 nitrogen and oxygen atoms in total. The van der Waals surface area contributed by atoms with Crippen LogP contribution in [0.2, 0.25) is 32.2 Å². The third-order valence-electron chi connectivity index (χ3n) is 4.80. The minimum Gasteiger partial charge on any atom is -0.370 e. The molecule has 1 aliphatic heterocycles. The number of methoxy groups -OCH3 is 3. The van der Waals surface area contributed by atoms with Crippen LogP contribution in [0.5, 0.6) is 0 Å². The van der Waals surface area contributed by atoms with Gasteiger partial charge in [0, 0.05) is 21.3 Å². The summed E-state index contributed by atoms with van der Waals surface area (Å²) in [6.07, 6.45) is 0.812. The highest BCUT2D eigenvalue weighted by atomic mass is 29.3. The SMILES string of the molecule is CCC1(OC)C[Si](C)(C)[Si](C)(C)OC1(OC)OC. The monoisotopic (exact) mass is 292 g/mol. The third kappa shape index (κ3) is 2.12. The maximum atomic E-state index is 6.40. The Labute approximate surface area is 113 Å². The highest BCUT2D eigenvalue weighted by Gasteiger charge is 2.66. The molecular formula is C12H28O4Si2. The molecule has 0 amide bonds. The topological polar surface area (TPSA) is 36.9 Å². The van der Waals surface area contributed by atoms with Crippen molar-refractivity contribution in [1.82, 2.24) is 0 Å². The minimum atomic E-state index is -1.81. The van der Waals surface area contributed by atoms with Crippen LogP contribution >= 0.6 is 0 Å². The van der Waals surface area contributed by atoms with E-state index in [-0.39, 0.29) is 0 Å². The molecule has 0 aliphatic carbocycles. The van der Waals surface area contributed by atoms with Crippen molar-refractivity contribution >= 4 is 15.4 Å². The fourth-order valence-electron chi connectivity index (χ4n) is 2.82. The molecule has 0 bridgehead atoms. The summed E-state index contributed by atoms with van der Waals surface area (Å²) in [4.78, 5) is 0. The van der Waals surface area contributed by atoms with Crippen LogP contribution < -0.4 is 0 Å². The van der Waals surface area contributed by atoms with Crippen LogP contribution in [0.15, 0.2) is 0 Å². The third-order valence-corrected chi connectivity index (χ3v) is 20.9. The van der Waals surface area contributed by atoms with Gasteiger partial charge in [-0.1, -0.05) is 20.0 Å². The van der Waals surface area contributed by atoms with Crippen molar-refractivity contribution in [1.29, 1.82) is 0 Å². The summed E-state index contributed by atoms with van der Waals surface area (Å²) in [5.41, 5.74) is -0.505. The fourth-order valence-corrected chi connectivity index (χ4v) is 9.95. The molecule has 0 radical (unpaired) electrons. The van der Waals surface area contributed by atoms with E-state index >= 15 is 0 Å². The van der Waals surface area contributed by atoms with Gasteiger partial charge in [0.05, 0.1) is 7.59 Å². The molecule has 0 aromatic heterocycles. The highest BCUT2D eigenvalue weighted by molar-refractivity contribution is 7.38. The van der Waals surface area contributed by atoms with Crippen LogP contribution in [0, 0.1) is 0 Å². The lowest BCUT2D eigenvalue weighted by Gasteiger charge is -2.58. The molecule has 1 fully saturated rings. The Morgan fingerprint density at radius 2 is 1.50 bits per heavy atom. The first-order valence-corrected chi connectivity index (χ1v) is 13.6. The molecule has 0 N–H and O–H groups in total. The van der Waals surface area contributed by atoms with E-state index in [9.17, 15) is 0 Å². The summed E-state index contributed by atoms with van der Waals surface area (Å²) >= 11 is 0. The Balaban J connectivity index is 3.31. The average Bonchev–Trinajstić information content (AvgIpc) is 2.32. The zero-order valence-corrected chi connectivity index (χ0v) is 15.0. The second-order valence-electron chi connectivity index (χ2n) is 6.19. The van der Waals surface area contributed by atoms with Gasteiger partial charge in [0.1, 0.15) is 5.60 Å². The summed E-state index contributed by atoms with van der Waals surface area (Å²) in [5, 5.41) is 0.